The lowest BCUT2D eigenvalue weighted by Gasteiger charge is -2.32. The van der Waals surface area contributed by atoms with E-state index >= 15 is 0 Å². The van der Waals surface area contributed by atoms with Gasteiger partial charge in [0.1, 0.15) is 0 Å². The largest absolute Gasteiger partial charge is 0.494 e. The number of hydrogen-bond donors (Lipinski definition) is 0. The van der Waals surface area contributed by atoms with Crippen molar-refractivity contribution in [3.8, 4) is 22.3 Å². The Balaban J connectivity index is 1.71. The molecule has 2 nitrogen and oxygen atoms in total. The summed E-state index contributed by atoms with van der Waals surface area (Å²) >= 11 is 0. The molecule has 1 aliphatic rings. The minimum absolute atomic E-state index is 0.103. The van der Waals surface area contributed by atoms with Crippen molar-refractivity contribution in [1.29, 1.82) is 0 Å². The maximum atomic E-state index is 8.86. The molecule has 1 aliphatic heterocycles. The molecule has 154 valence electrons. The second-order valence-corrected chi connectivity index (χ2v) is 8.95. The zero-order valence-electron chi connectivity index (χ0n) is 22.2. The van der Waals surface area contributed by atoms with Gasteiger partial charge in [0.2, 0.25) is 0 Å². The summed E-state index contributed by atoms with van der Waals surface area (Å²) in [6.07, 6.45) is 0. The van der Waals surface area contributed by atoms with Gasteiger partial charge in [0, 0.05) is 0 Å². The van der Waals surface area contributed by atoms with E-state index in [2.05, 4.69) is 12.1 Å². The van der Waals surface area contributed by atoms with Gasteiger partial charge in [-0.05, 0) is 66.2 Å². The maximum absolute atomic E-state index is 8.86. The van der Waals surface area contributed by atoms with Crippen molar-refractivity contribution in [2.24, 2.45) is 0 Å². The summed E-state index contributed by atoms with van der Waals surface area (Å²) in [5.41, 5.74) is 1.90. The van der Waals surface area contributed by atoms with E-state index in [0.29, 0.717) is 5.56 Å². The average molecular weight is 410 g/mol. The molecule has 0 amide bonds. The van der Waals surface area contributed by atoms with Gasteiger partial charge in [-0.3, -0.25) is 0 Å². The Morgan fingerprint density at radius 3 is 1.65 bits per heavy atom. The fourth-order valence-electron chi connectivity index (χ4n) is 3.92. The molecule has 31 heavy (non-hydrogen) atoms. The Bertz CT molecular complexity index is 1410. The standard InChI is InChI=1S/C28H27BO2/c1-27(2)28(3,4)31-29(30-27)22-16-14-21(15-17-22)24-19-18-23(20-10-6-5-7-11-20)25-12-8-9-13-26(24)25/h5-19H,1-4H3/i14D,15D,16D,17D. The van der Waals surface area contributed by atoms with E-state index in [1.165, 1.54) is 0 Å². The summed E-state index contributed by atoms with van der Waals surface area (Å²) in [6, 6.07) is 21.3. The van der Waals surface area contributed by atoms with E-state index in [1.807, 2.05) is 82.3 Å². The molecule has 1 saturated heterocycles. The highest BCUT2D eigenvalue weighted by Gasteiger charge is 2.51. The molecule has 3 heteroatoms. The van der Waals surface area contributed by atoms with E-state index in [9.17, 15) is 0 Å². The van der Waals surface area contributed by atoms with E-state index in [1.54, 1.807) is 0 Å². The number of benzene rings is 4. The van der Waals surface area contributed by atoms with Gasteiger partial charge in [-0.15, -0.1) is 0 Å². The van der Waals surface area contributed by atoms with Crippen LogP contribution in [0.3, 0.4) is 0 Å². The zero-order valence-corrected chi connectivity index (χ0v) is 18.2. The Kier molecular flexibility index (Phi) is 3.77. The van der Waals surface area contributed by atoms with Gasteiger partial charge in [0.15, 0.2) is 0 Å². The fourth-order valence-corrected chi connectivity index (χ4v) is 3.92. The third-order valence-corrected chi connectivity index (χ3v) is 6.41. The Morgan fingerprint density at radius 2 is 1.10 bits per heavy atom. The first kappa shape index (κ1) is 15.9. The van der Waals surface area contributed by atoms with Crippen LogP contribution in [0.5, 0.6) is 0 Å². The summed E-state index contributed by atoms with van der Waals surface area (Å²) in [5, 5.41) is 1.86. The smallest absolute Gasteiger partial charge is 0.399 e. The van der Waals surface area contributed by atoms with Gasteiger partial charge in [0.05, 0.1) is 16.7 Å². The SMILES string of the molecule is [2H]c1c([2H])c(-c2ccc(-c3ccccc3)c3ccccc23)c([2H])c([2H])c1B1OC(C)(C)C(C)(C)O1. The van der Waals surface area contributed by atoms with Crippen LogP contribution in [0.25, 0.3) is 33.0 Å². The van der Waals surface area contributed by atoms with E-state index in [4.69, 9.17) is 14.8 Å². The van der Waals surface area contributed by atoms with Crippen LogP contribution in [-0.2, 0) is 9.31 Å². The van der Waals surface area contributed by atoms with E-state index < -0.39 is 18.3 Å². The van der Waals surface area contributed by atoms with E-state index in [-0.39, 0.29) is 35.2 Å². The van der Waals surface area contributed by atoms with Crippen LogP contribution in [-0.4, -0.2) is 18.3 Å². The molecule has 4 aromatic carbocycles. The number of rotatable bonds is 3. The fraction of sp³-hybridized carbons (Fsp3) is 0.214. The van der Waals surface area contributed by atoms with Gasteiger partial charge < -0.3 is 9.31 Å². The molecular weight excluding hydrogens is 379 g/mol. The maximum Gasteiger partial charge on any atom is 0.494 e. The molecule has 1 fully saturated rings. The molecule has 0 aliphatic carbocycles. The van der Waals surface area contributed by atoms with Gasteiger partial charge in [-0.2, -0.15) is 0 Å². The van der Waals surface area contributed by atoms with Crippen molar-refractivity contribution in [3.05, 3.63) is 90.9 Å². The van der Waals surface area contributed by atoms with E-state index in [0.717, 1.165) is 21.9 Å². The van der Waals surface area contributed by atoms with Gasteiger partial charge in [0.25, 0.3) is 0 Å². The molecular formula is C28H27BO2. The monoisotopic (exact) mass is 410 g/mol. The molecule has 5 rings (SSSR count). The minimum atomic E-state index is -0.973. The highest BCUT2D eigenvalue weighted by Crippen LogP contribution is 2.37. The molecule has 0 N–H and O–H groups in total. The molecule has 0 unspecified atom stereocenters. The lowest BCUT2D eigenvalue weighted by molar-refractivity contribution is 0.00578. The molecule has 0 aromatic heterocycles. The summed E-state index contributed by atoms with van der Waals surface area (Å²) in [5.74, 6) is 0. The third kappa shape index (κ3) is 3.48. The summed E-state index contributed by atoms with van der Waals surface area (Å²) < 4.78 is 47.4. The molecule has 0 bridgehead atoms. The van der Waals surface area contributed by atoms with Crippen LogP contribution >= 0.6 is 0 Å². The average Bonchev–Trinajstić information content (AvgIpc) is 3.05. The van der Waals surface area contributed by atoms with Crippen molar-refractivity contribution in [2.45, 2.75) is 38.9 Å². The number of hydrogen-bond acceptors (Lipinski definition) is 2. The molecule has 0 saturated carbocycles. The van der Waals surface area contributed by atoms with Crippen molar-refractivity contribution >= 4 is 23.4 Å². The lowest BCUT2D eigenvalue weighted by Crippen LogP contribution is -2.41. The summed E-state index contributed by atoms with van der Waals surface area (Å²) in [4.78, 5) is 0. The highest BCUT2D eigenvalue weighted by atomic mass is 16.7. The Morgan fingerprint density at radius 1 is 0.613 bits per heavy atom. The Hall–Kier alpha value is -2.88. The molecule has 4 aromatic rings. The van der Waals surface area contributed by atoms with Crippen LogP contribution in [0.15, 0.2) is 90.9 Å². The second kappa shape index (κ2) is 7.37. The molecule has 0 spiro atoms. The highest BCUT2D eigenvalue weighted by molar-refractivity contribution is 6.62. The van der Waals surface area contributed by atoms with Crippen molar-refractivity contribution in [1.82, 2.24) is 0 Å². The Labute approximate surface area is 190 Å². The topological polar surface area (TPSA) is 18.5 Å². The predicted octanol–water partition coefficient (Wildman–Crippen LogP) is 6.47. The van der Waals surface area contributed by atoms with Gasteiger partial charge in [-0.25, -0.2) is 0 Å². The molecule has 1 heterocycles. The quantitative estimate of drug-likeness (QED) is 0.360. The zero-order chi connectivity index (χ0) is 25.1. The second-order valence-electron chi connectivity index (χ2n) is 8.95. The van der Waals surface area contributed by atoms with Crippen molar-refractivity contribution in [3.63, 3.8) is 0 Å². The van der Waals surface area contributed by atoms with Crippen LogP contribution in [0.4, 0.5) is 0 Å². The van der Waals surface area contributed by atoms with Gasteiger partial charge >= 0.3 is 7.12 Å². The normalized spacial score (nSPS) is 19.0. The van der Waals surface area contributed by atoms with Crippen LogP contribution in [0.2, 0.25) is 0 Å². The van der Waals surface area contributed by atoms with Crippen molar-refractivity contribution in [2.75, 3.05) is 0 Å². The van der Waals surface area contributed by atoms with Crippen LogP contribution in [0.1, 0.15) is 33.2 Å². The molecule has 0 radical (unpaired) electrons. The van der Waals surface area contributed by atoms with Crippen LogP contribution in [0, 0.1) is 0 Å². The third-order valence-electron chi connectivity index (χ3n) is 6.41. The summed E-state index contributed by atoms with van der Waals surface area (Å²) in [6.45, 7) is 7.60. The van der Waals surface area contributed by atoms with Gasteiger partial charge in [-0.1, -0.05) is 90.9 Å². The van der Waals surface area contributed by atoms with Crippen molar-refractivity contribution < 1.29 is 14.8 Å². The number of fused-ring (bicyclic) bond motifs is 1. The molecule has 0 atom stereocenters. The predicted molar refractivity (Wildman–Crippen MR) is 131 cm³/mol. The minimum Gasteiger partial charge on any atom is -0.399 e. The lowest BCUT2D eigenvalue weighted by atomic mass is 9.78. The summed E-state index contributed by atoms with van der Waals surface area (Å²) in [7, 11) is -0.973. The first-order valence-corrected chi connectivity index (χ1v) is 10.6. The first-order valence-electron chi connectivity index (χ1n) is 12.6. The first-order chi connectivity index (χ1) is 16.5. The van der Waals surface area contributed by atoms with Crippen LogP contribution < -0.4 is 5.46 Å².